The average molecular weight is 451 g/mol. The monoisotopic (exact) mass is 450 g/mol. The molecule has 1 saturated carbocycles. The number of aryl methyl sites for hydroxylation is 2. The molecule has 180 valence electrons. The molecule has 0 spiro atoms. The van der Waals surface area contributed by atoms with Crippen molar-refractivity contribution >= 4 is 0 Å². The largest absolute Gasteiger partial charge is 0.272 e. The Labute approximate surface area is 199 Å². The van der Waals surface area contributed by atoms with Gasteiger partial charge in [0.2, 0.25) is 0 Å². The summed E-state index contributed by atoms with van der Waals surface area (Å²) in [4.78, 5) is 0. The van der Waals surface area contributed by atoms with Crippen molar-refractivity contribution in [3.05, 3.63) is 52.4 Å². The molecule has 0 aliphatic heterocycles. The van der Waals surface area contributed by atoms with E-state index < -0.39 is 0 Å². The van der Waals surface area contributed by atoms with Gasteiger partial charge in [0.1, 0.15) is 0 Å². The van der Waals surface area contributed by atoms with Crippen LogP contribution in [-0.2, 0) is 30.5 Å². The zero-order valence-electron chi connectivity index (χ0n) is 22.1. The fraction of sp³-hybridized carbons (Fsp3) is 0.667. The molecule has 0 bridgehead atoms. The lowest BCUT2D eigenvalue weighted by Crippen LogP contribution is -2.28. The van der Waals surface area contributed by atoms with E-state index in [4.69, 9.17) is 10.2 Å². The lowest BCUT2D eigenvalue weighted by atomic mass is 9.83. The molecule has 1 aliphatic carbocycles. The smallest absolute Gasteiger partial charge is 0.0690 e. The lowest BCUT2D eigenvalue weighted by Gasteiger charge is -2.27. The molecular weight excluding hydrogens is 408 g/mol. The summed E-state index contributed by atoms with van der Waals surface area (Å²) in [6, 6.07) is 0. The van der Waals surface area contributed by atoms with Crippen molar-refractivity contribution in [3.63, 3.8) is 0 Å². The molecule has 0 amide bonds. The molecule has 4 rings (SSSR count). The third-order valence-electron chi connectivity index (χ3n) is 7.34. The van der Waals surface area contributed by atoms with Gasteiger partial charge in [0.25, 0.3) is 0 Å². The van der Waals surface area contributed by atoms with E-state index in [0.29, 0.717) is 11.8 Å². The molecule has 0 saturated heterocycles. The van der Waals surface area contributed by atoms with Crippen molar-refractivity contribution < 1.29 is 0 Å². The first kappa shape index (κ1) is 23.8. The van der Waals surface area contributed by atoms with E-state index in [-0.39, 0.29) is 10.8 Å². The SMILES string of the molecule is CCn1cc(C(C)(C)Cn2ncc(C(C)(C)Cn3cc(C(C)C)c(C4CC4)n3)c2C)c(C)n1. The molecule has 0 unspecified atom stereocenters. The number of rotatable bonds is 9. The van der Waals surface area contributed by atoms with Crippen molar-refractivity contribution in [2.75, 3.05) is 0 Å². The topological polar surface area (TPSA) is 53.5 Å². The summed E-state index contributed by atoms with van der Waals surface area (Å²) < 4.78 is 6.40. The van der Waals surface area contributed by atoms with Crippen molar-refractivity contribution in [3.8, 4) is 0 Å². The Bertz CT molecular complexity index is 1100. The van der Waals surface area contributed by atoms with Crippen LogP contribution in [-0.4, -0.2) is 29.3 Å². The lowest BCUT2D eigenvalue weighted by molar-refractivity contribution is 0.390. The minimum Gasteiger partial charge on any atom is -0.272 e. The minimum atomic E-state index is -0.0590. The highest BCUT2D eigenvalue weighted by Gasteiger charge is 2.33. The molecule has 1 fully saturated rings. The summed E-state index contributed by atoms with van der Waals surface area (Å²) in [5.74, 6) is 1.20. The van der Waals surface area contributed by atoms with Gasteiger partial charge in [-0.1, -0.05) is 41.5 Å². The molecule has 3 aromatic heterocycles. The van der Waals surface area contributed by atoms with Gasteiger partial charge in [0, 0.05) is 52.5 Å². The summed E-state index contributed by atoms with van der Waals surface area (Å²) in [5.41, 5.74) is 7.59. The van der Waals surface area contributed by atoms with Crippen LogP contribution in [0.3, 0.4) is 0 Å². The molecule has 0 aromatic carbocycles. The van der Waals surface area contributed by atoms with Crippen LogP contribution in [0.25, 0.3) is 0 Å². The molecule has 33 heavy (non-hydrogen) atoms. The molecule has 0 atom stereocenters. The van der Waals surface area contributed by atoms with Crippen molar-refractivity contribution in [1.29, 1.82) is 0 Å². The van der Waals surface area contributed by atoms with Crippen LogP contribution in [0.5, 0.6) is 0 Å². The Morgan fingerprint density at radius 1 is 0.939 bits per heavy atom. The fourth-order valence-electron chi connectivity index (χ4n) is 5.22. The van der Waals surface area contributed by atoms with E-state index in [9.17, 15) is 0 Å². The summed E-state index contributed by atoms with van der Waals surface area (Å²) in [7, 11) is 0. The number of aromatic nitrogens is 6. The first-order valence-electron chi connectivity index (χ1n) is 12.6. The van der Waals surface area contributed by atoms with Crippen LogP contribution >= 0.6 is 0 Å². The fourth-order valence-corrected chi connectivity index (χ4v) is 5.22. The van der Waals surface area contributed by atoms with Gasteiger partial charge in [-0.25, -0.2) is 0 Å². The van der Waals surface area contributed by atoms with Gasteiger partial charge in [0.05, 0.1) is 30.7 Å². The highest BCUT2D eigenvalue weighted by atomic mass is 15.3. The summed E-state index contributed by atoms with van der Waals surface area (Å²) >= 11 is 0. The Hall–Kier alpha value is -2.37. The van der Waals surface area contributed by atoms with Gasteiger partial charge >= 0.3 is 0 Å². The van der Waals surface area contributed by atoms with Gasteiger partial charge in [-0.15, -0.1) is 0 Å². The second-order valence-electron chi connectivity index (χ2n) is 11.6. The van der Waals surface area contributed by atoms with E-state index in [1.807, 2.05) is 4.68 Å². The first-order chi connectivity index (χ1) is 15.4. The molecule has 3 aromatic rings. The number of hydrogen-bond donors (Lipinski definition) is 0. The van der Waals surface area contributed by atoms with Crippen molar-refractivity contribution in [1.82, 2.24) is 29.3 Å². The predicted molar refractivity (Wildman–Crippen MR) is 134 cm³/mol. The van der Waals surface area contributed by atoms with E-state index in [1.165, 1.54) is 40.9 Å². The maximum atomic E-state index is 5.04. The van der Waals surface area contributed by atoms with E-state index >= 15 is 0 Å². The van der Waals surface area contributed by atoms with Gasteiger partial charge < -0.3 is 0 Å². The molecule has 3 heterocycles. The predicted octanol–water partition coefficient (Wildman–Crippen LogP) is 5.87. The minimum absolute atomic E-state index is 0.0526. The van der Waals surface area contributed by atoms with Crippen LogP contribution in [0.1, 0.15) is 107 Å². The Morgan fingerprint density at radius 2 is 1.61 bits per heavy atom. The van der Waals surface area contributed by atoms with Gasteiger partial charge in [-0.3, -0.25) is 14.0 Å². The van der Waals surface area contributed by atoms with E-state index in [2.05, 4.69) is 95.4 Å². The Kier molecular flexibility index (Phi) is 6.08. The van der Waals surface area contributed by atoms with Crippen LogP contribution in [0.15, 0.2) is 18.6 Å². The summed E-state index contributed by atoms with van der Waals surface area (Å²) in [6.45, 7) is 22.8. The highest BCUT2D eigenvalue weighted by molar-refractivity contribution is 5.30. The molecule has 0 N–H and O–H groups in total. The van der Waals surface area contributed by atoms with E-state index in [0.717, 1.165) is 25.3 Å². The Balaban J connectivity index is 1.56. The second-order valence-corrected chi connectivity index (χ2v) is 11.6. The maximum absolute atomic E-state index is 5.04. The van der Waals surface area contributed by atoms with Crippen LogP contribution in [0.2, 0.25) is 0 Å². The third kappa shape index (κ3) is 4.67. The summed E-state index contributed by atoms with van der Waals surface area (Å²) in [5, 5.41) is 14.5. The quantitative estimate of drug-likeness (QED) is 0.410. The second kappa shape index (κ2) is 8.44. The van der Waals surface area contributed by atoms with E-state index in [1.54, 1.807) is 0 Å². The van der Waals surface area contributed by atoms with Crippen LogP contribution in [0.4, 0.5) is 0 Å². The normalized spacial score (nSPS) is 15.1. The van der Waals surface area contributed by atoms with Crippen LogP contribution < -0.4 is 0 Å². The maximum Gasteiger partial charge on any atom is 0.0690 e. The molecular formula is C27H42N6. The standard InChI is InChI=1S/C27H42N6/c1-10-31-15-24(19(4)29-31)27(8,9)17-33-20(5)23(13-28-33)26(6,7)16-32-14-22(18(2)3)25(30-32)21-11-12-21/h13-15,18,21H,10-12,16-17H2,1-9H3. The van der Waals surface area contributed by atoms with Crippen molar-refractivity contribution in [2.24, 2.45) is 0 Å². The molecule has 0 radical (unpaired) electrons. The van der Waals surface area contributed by atoms with Gasteiger partial charge in [-0.05, 0) is 45.1 Å². The number of hydrogen-bond acceptors (Lipinski definition) is 3. The first-order valence-corrected chi connectivity index (χ1v) is 12.6. The zero-order valence-corrected chi connectivity index (χ0v) is 22.1. The van der Waals surface area contributed by atoms with Crippen LogP contribution in [0, 0.1) is 13.8 Å². The summed E-state index contributed by atoms with van der Waals surface area (Å²) in [6.07, 6.45) is 9.14. The van der Waals surface area contributed by atoms with Gasteiger partial charge in [0.15, 0.2) is 0 Å². The average Bonchev–Trinajstić information content (AvgIpc) is 3.21. The number of nitrogens with zero attached hydrogens (tertiary/aromatic N) is 6. The Morgan fingerprint density at radius 3 is 2.18 bits per heavy atom. The zero-order chi connectivity index (χ0) is 24.1. The van der Waals surface area contributed by atoms with Crippen molar-refractivity contribution in [2.45, 2.75) is 117 Å². The van der Waals surface area contributed by atoms with Gasteiger partial charge in [-0.2, -0.15) is 15.3 Å². The highest BCUT2D eigenvalue weighted by Crippen LogP contribution is 2.42. The molecule has 6 nitrogen and oxygen atoms in total. The molecule has 6 heteroatoms. The third-order valence-corrected chi connectivity index (χ3v) is 7.34. The molecule has 1 aliphatic rings.